The van der Waals surface area contributed by atoms with Gasteiger partial charge in [0, 0.05) is 6.07 Å². The molecule has 0 radical (unpaired) electrons. The standard InChI is InChI=1S/C13H16FN3/c1-13(2,3)9-4-5-11(10(14)8-9)16-12-6-7-15-17-12/h4-8H,1-3H3,(H2,15,16,17). The smallest absolute Gasteiger partial charge is 0.146 e. The lowest BCUT2D eigenvalue weighted by Gasteiger charge is -2.19. The molecule has 4 heteroatoms. The molecule has 2 aromatic rings. The number of aromatic amines is 1. The molecule has 0 saturated heterocycles. The lowest BCUT2D eigenvalue weighted by atomic mass is 9.87. The summed E-state index contributed by atoms with van der Waals surface area (Å²) >= 11 is 0. The van der Waals surface area contributed by atoms with Crippen LogP contribution in [0.4, 0.5) is 15.9 Å². The van der Waals surface area contributed by atoms with Crippen LogP contribution in [0.5, 0.6) is 0 Å². The van der Waals surface area contributed by atoms with Crippen LogP contribution in [0.25, 0.3) is 0 Å². The number of aromatic nitrogens is 2. The van der Waals surface area contributed by atoms with E-state index in [4.69, 9.17) is 0 Å². The minimum absolute atomic E-state index is 0.0483. The zero-order chi connectivity index (χ0) is 12.5. The highest BCUT2D eigenvalue weighted by Gasteiger charge is 2.15. The highest BCUT2D eigenvalue weighted by Crippen LogP contribution is 2.26. The second kappa shape index (κ2) is 4.20. The van der Waals surface area contributed by atoms with Gasteiger partial charge in [-0.15, -0.1) is 0 Å². The summed E-state index contributed by atoms with van der Waals surface area (Å²) in [5, 5.41) is 9.46. The quantitative estimate of drug-likeness (QED) is 0.832. The van der Waals surface area contributed by atoms with Gasteiger partial charge in [0.25, 0.3) is 0 Å². The van der Waals surface area contributed by atoms with E-state index in [0.29, 0.717) is 11.5 Å². The fourth-order valence-corrected chi connectivity index (χ4v) is 1.55. The molecule has 2 rings (SSSR count). The number of H-pyrrole nitrogens is 1. The van der Waals surface area contributed by atoms with Crippen LogP contribution in [0, 0.1) is 5.82 Å². The second-order valence-corrected chi connectivity index (χ2v) is 5.04. The summed E-state index contributed by atoms with van der Waals surface area (Å²) in [6, 6.07) is 6.99. The van der Waals surface area contributed by atoms with Crippen molar-refractivity contribution in [2.24, 2.45) is 0 Å². The van der Waals surface area contributed by atoms with E-state index in [9.17, 15) is 4.39 Å². The first kappa shape index (κ1) is 11.6. The van der Waals surface area contributed by atoms with Gasteiger partial charge in [-0.2, -0.15) is 5.10 Å². The van der Waals surface area contributed by atoms with Crippen LogP contribution >= 0.6 is 0 Å². The Morgan fingerprint density at radius 2 is 2.00 bits per heavy atom. The molecule has 0 amide bonds. The van der Waals surface area contributed by atoms with E-state index in [1.165, 1.54) is 0 Å². The third-order valence-electron chi connectivity index (χ3n) is 2.61. The molecule has 0 aliphatic rings. The minimum atomic E-state index is -0.257. The zero-order valence-electron chi connectivity index (χ0n) is 10.2. The lowest BCUT2D eigenvalue weighted by Crippen LogP contribution is -2.11. The molecule has 1 heterocycles. The van der Waals surface area contributed by atoms with E-state index in [1.807, 2.05) is 6.07 Å². The predicted molar refractivity (Wildman–Crippen MR) is 67.0 cm³/mol. The summed E-state index contributed by atoms with van der Waals surface area (Å²) < 4.78 is 13.9. The van der Waals surface area contributed by atoms with Crippen molar-refractivity contribution in [2.75, 3.05) is 5.32 Å². The van der Waals surface area contributed by atoms with E-state index in [2.05, 4.69) is 36.3 Å². The molecule has 0 spiro atoms. The Labute approximate surface area is 100 Å². The minimum Gasteiger partial charge on any atom is -0.338 e. The molecule has 0 saturated carbocycles. The van der Waals surface area contributed by atoms with Crippen LogP contribution < -0.4 is 5.32 Å². The number of nitrogens with zero attached hydrogens (tertiary/aromatic N) is 1. The lowest BCUT2D eigenvalue weighted by molar-refractivity contribution is 0.573. The van der Waals surface area contributed by atoms with Gasteiger partial charge in [0.2, 0.25) is 0 Å². The van der Waals surface area contributed by atoms with Crippen molar-refractivity contribution >= 4 is 11.5 Å². The van der Waals surface area contributed by atoms with Crippen LogP contribution in [-0.2, 0) is 5.41 Å². The Kier molecular flexibility index (Phi) is 2.88. The molecule has 0 atom stereocenters. The van der Waals surface area contributed by atoms with Crippen LogP contribution in [0.15, 0.2) is 30.5 Å². The molecule has 0 unspecified atom stereocenters. The maximum Gasteiger partial charge on any atom is 0.146 e. The van der Waals surface area contributed by atoms with Gasteiger partial charge in [0.15, 0.2) is 0 Å². The predicted octanol–water partition coefficient (Wildman–Crippen LogP) is 3.59. The van der Waals surface area contributed by atoms with Crippen molar-refractivity contribution < 1.29 is 4.39 Å². The van der Waals surface area contributed by atoms with E-state index < -0.39 is 0 Å². The van der Waals surface area contributed by atoms with Gasteiger partial charge in [-0.1, -0.05) is 26.8 Å². The normalized spacial score (nSPS) is 11.5. The van der Waals surface area contributed by atoms with Gasteiger partial charge >= 0.3 is 0 Å². The molecular weight excluding hydrogens is 217 g/mol. The van der Waals surface area contributed by atoms with Crippen LogP contribution in [-0.4, -0.2) is 10.2 Å². The fourth-order valence-electron chi connectivity index (χ4n) is 1.55. The molecule has 1 aromatic carbocycles. The zero-order valence-corrected chi connectivity index (χ0v) is 10.2. The summed E-state index contributed by atoms with van der Waals surface area (Å²) in [5.41, 5.74) is 1.38. The topological polar surface area (TPSA) is 40.7 Å². The number of benzene rings is 1. The van der Waals surface area contributed by atoms with Gasteiger partial charge in [0.05, 0.1) is 11.9 Å². The maximum absolute atomic E-state index is 13.9. The number of halogens is 1. The molecule has 1 aromatic heterocycles. The van der Waals surface area contributed by atoms with Gasteiger partial charge in [-0.25, -0.2) is 4.39 Å². The Morgan fingerprint density at radius 3 is 2.53 bits per heavy atom. The largest absolute Gasteiger partial charge is 0.338 e. The summed E-state index contributed by atoms with van der Waals surface area (Å²) in [4.78, 5) is 0. The van der Waals surface area contributed by atoms with Crippen molar-refractivity contribution in [3.63, 3.8) is 0 Å². The molecule has 0 aliphatic heterocycles. The van der Waals surface area contributed by atoms with E-state index in [1.54, 1.807) is 24.4 Å². The van der Waals surface area contributed by atoms with Gasteiger partial charge < -0.3 is 5.32 Å². The first-order valence-corrected chi connectivity index (χ1v) is 5.53. The first-order valence-electron chi connectivity index (χ1n) is 5.53. The van der Waals surface area contributed by atoms with Crippen LogP contribution in [0.3, 0.4) is 0 Å². The highest BCUT2D eigenvalue weighted by molar-refractivity contribution is 5.57. The van der Waals surface area contributed by atoms with Gasteiger partial charge in [-0.3, -0.25) is 5.10 Å². The van der Waals surface area contributed by atoms with E-state index >= 15 is 0 Å². The monoisotopic (exact) mass is 233 g/mol. The molecular formula is C13H16FN3. The number of anilines is 2. The molecule has 90 valence electrons. The highest BCUT2D eigenvalue weighted by atomic mass is 19.1. The number of hydrogen-bond donors (Lipinski definition) is 2. The molecule has 17 heavy (non-hydrogen) atoms. The van der Waals surface area contributed by atoms with Crippen LogP contribution in [0.2, 0.25) is 0 Å². The Bertz CT molecular complexity index is 498. The SMILES string of the molecule is CC(C)(C)c1ccc(Nc2ccn[nH]2)c(F)c1. The van der Waals surface area contributed by atoms with Gasteiger partial charge in [-0.05, 0) is 23.1 Å². The first-order chi connectivity index (χ1) is 7.97. The molecule has 3 nitrogen and oxygen atoms in total. The average Bonchev–Trinajstić information content (AvgIpc) is 2.72. The summed E-state index contributed by atoms with van der Waals surface area (Å²) in [6.07, 6.45) is 1.61. The fraction of sp³-hybridized carbons (Fsp3) is 0.308. The van der Waals surface area contributed by atoms with E-state index in [-0.39, 0.29) is 11.2 Å². The van der Waals surface area contributed by atoms with Crippen molar-refractivity contribution in [1.29, 1.82) is 0 Å². The maximum atomic E-state index is 13.9. The van der Waals surface area contributed by atoms with Crippen molar-refractivity contribution in [3.05, 3.63) is 41.8 Å². The summed E-state index contributed by atoms with van der Waals surface area (Å²) in [5.74, 6) is 0.416. The Balaban J connectivity index is 2.26. The summed E-state index contributed by atoms with van der Waals surface area (Å²) in [7, 11) is 0. The number of nitrogens with one attached hydrogen (secondary N) is 2. The molecule has 0 aliphatic carbocycles. The molecule has 0 bridgehead atoms. The Hall–Kier alpha value is -1.84. The third-order valence-corrected chi connectivity index (χ3v) is 2.61. The number of rotatable bonds is 2. The van der Waals surface area contributed by atoms with Crippen molar-refractivity contribution in [1.82, 2.24) is 10.2 Å². The van der Waals surface area contributed by atoms with Crippen molar-refractivity contribution in [2.45, 2.75) is 26.2 Å². The second-order valence-electron chi connectivity index (χ2n) is 5.04. The van der Waals surface area contributed by atoms with E-state index in [0.717, 1.165) is 5.56 Å². The van der Waals surface area contributed by atoms with Crippen molar-refractivity contribution in [3.8, 4) is 0 Å². The van der Waals surface area contributed by atoms with Gasteiger partial charge in [0.1, 0.15) is 11.6 Å². The number of hydrogen-bond acceptors (Lipinski definition) is 2. The third kappa shape index (κ3) is 2.64. The molecule has 0 fully saturated rings. The average molecular weight is 233 g/mol. The Morgan fingerprint density at radius 1 is 1.24 bits per heavy atom. The summed E-state index contributed by atoms with van der Waals surface area (Å²) in [6.45, 7) is 6.18. The van der Waals surface area contributed by atoms with Crippen LogP contribution in [0.1, 0.15) is 26.3 Å². The molecule has 2 N–H and O–H groups in total.